The molecule has 0 N–H and O–H groups in total. The average molecular weight is 1320 g/mol. The van der Waals surface area contributed by atoms with E-state index >= 15 is 0 Å². The largest absolute Gasteiger partial charge is 0.507 e. The van der Waals surface area contributed by atoms with E-state index in [1.807, 2.05) is 0 Å². The van der Waals surface area contributed by atoms with E-state index in [2.05, 4.69) is 6.92 Å². The molecule has 0 aromatic rings. The summed E-state index contributed by atoms with van der Waals surface area (Å²) >= 11 is 0. The average Bonchev–Trinajstić information content (AvgIpc) is 0.820. The van der Waals surface area contributed by atoms with Crippen LogP contribution in [0.2, 0.25) is 6.04 Å². The van der Waals surface area contributed by atoms with Crippen LogP contribution in [0.1, 0.15) is 193 Å². The van der Waals surface area contributed by atoms with Crippen molar-refractivity contribution < 1.29 is 142 Å². The minimum atomic E-state index is -5.55. The third-order valence-electron chi connectivity index (χ3n) is 14.1. The predicted octanol–water partition coefficient (Wildman–Crippen LogP) is 5.49. The molecule has 91 heavy (non-hydrogen) atoms. The normalized spacial score (nSPS) is 26.3. The van der Waals surface area contributed by atoms with Crippen molar-refractivity contribution in [3.05, 3.63) is 0 Å². The van der Waals surface area contributed by atoms with Crippen LogP contribution in [0, 0.1) is 0 Å². The summed E-state index contributed by atoms with van der Waals surface area (Å²) in [4.78, 5) is 155. The van der Waals surface area contributed by atoms with Gasteiger partial charge >= 0.3 is 80.4 Å². The first-order valence-corrected chi connectivity index (χ1v) is 32.8. The van der Waals surface area contributed by atoms with Gasteiger partial charge in [0.15, 0.2) is 73.8 Å². The van der Waals surface area contributed by atoms with Gasteiger partial charge in [0.1, 0.15) is 38.1 Å². The molecule has 15 atom stereocenters. The van der Waals surface area contributed by atoms with Crippen LogP contribution < -0.4 is 0 Å². The molecule has 30 nitrogen and oxygen atoms in total. The lowest BCUT2D eigenvalue weighted by Gasteiger charge is -2.50. The van der Waals surface area contributed by atoms with Crippen molar-refractivity contribution in [1.29, 1.82) is 0 Å². The summed E-state index contributed by atoms with van der Waals surface area (Å²) in [6.45, 7) is 11.8. The van der Waals surface area contributed by atoms with Crippen LogP contribution in [-0.2, 0) is 142 Å². The molecule has 31 heteroatoms. The molecule has 3 fully saturated rings. The highest BCUT2D eigenvalue weighted by molar-refractivity contribution is 6.60. The molecule has 0 saturated carbocycles. The van der Waals surface area contributed by atoms with Gasteiger partial charge in [-0.05, 0) is 6.42 Å². The van der Waals surface area contributed by atoms with Gasteiger partial charge in [-0.15, -0.1) is 0 Å². The first-order valence-electron chi connectivity index (χ1n) is 30.9. The quantitative estimate of drug-likeness (QED) is 0.0319. The molecule has 3 aliphatic heterocycles. The van der Waals surface area contributed by atoms with Crippen LogP contribution in [0.5, 0.6) is 0 Å². The van der Waals surface area contributed by atoms with Gasteiger partial charge in [0.05, 0.1) is 0 Å². The topological polar surface area (TPSA) is 371 Å². The van der Waals surface area contributed by atoms with Gasteiger partial charge in [0.2, 0.25) is 0 Å². The zero-order valence-corrected chi connectivity index (χ0v) is 55.5. The molecule has 0 spiro atoms. The maximum atomic E-state index is 13.3. The van der Waals surface area contributed by atoms with E-state index < -0.39 is 198 Å². The van der Waals surface area contributed by atoms with Crippen LogP contribution in [0.3, 0.4) is 0 Å². The Hall–Kier alpha value is -6.38. The van der Waals surface area contributed by atoms with Crippen molar-refractivity contribution in [2.45, 2.75) is 291 Å². The first kappa shape index (κ1) is 78.9. The van der Waals surface area contributed by atoms with E-state index in [4.69, 9.17) is 84.3 Å². The molecule has 3 aliphatic rings. The van der Waals surface area contributed by atoms with Gasteiger partial charge in [-0.3, -0.25) is 57.5 Å². The number of esters is 12. The van der Waals surface area contributed by atoms with Crippen molar-refractivity contribution in [3.63, 3.8) is 0 Å². The van der Waals surface area contributed by atoms with E-state index in [-0.39, 0.29) is 6.42 Å². The van der Waals surface area contributed by atoms with Crippen molar-refractivity contribution in [2.24, 2.45) is 0 Å². The van der Waals surface area contributed by atoms with Crippen LogP contribution in [0.4, 0.5) is 0 Å². The lowest BCUT2D eigenvalue weighted by molar-refractivity contribution is -0.329. The van der Waals surface area contributed by atoms with Crippen LogP contribution in [-0.4, -0.2) is 192 Å². The SMILES string of the molecule is CCCCCCCCCCCCCCCCCC[Si](O[C@@H]1O[C@H](COC(C)=O)[C@@H](OC(C)=O)[C@H](OC(C)=O)[C@H]1OC(C)=O)(O[C@@H]1O[C@H](COC(C)=O)[C@@H](OC(C)=O)[C@H](OC(C)=O)[C@H]1OC(C)=O)O[C@@H]1O[C@H](COC(C)=O)[C@@H](OC(C)=O)[C@H](OC(C)=O)[C@H]1OC(C)=O. The number of ether oxygens (including phenoxy) is 15. The second kappa shape index (κ2) is 40.6. The lowest BCUT2D eigenvalue weighted by atomic mass is 9.98. The monoisotopic (exact) mass is 1320 g/mol. The number of rotatable bonds is 38. The minimum absolute atomic E-state index is 0.0201. The number of hydrogen-bond acceptors (Lipinski definition) is 30. The highest BCUT2D eigenvalue weighted by Crippen LogP contribution is 2.40. The highest BCUT2D eigenvalue weighted by Gasteiger charge is 2.63. The summed E-state index contributed by atoms with van der Waals surface area (Å²) in [5, 5.41) is 0. The maximum absolute atomic E-state index is 13.3. The Kier molecular flexibility index (Phi) is 35.2. The smallest absolute Gasteiger partial charge is 0.463 e. The summed E-state index contributed by atoms with van der Waals surface area (Å²) in [6, 6.07) is -0.488. The van der Waals surface area contributed by atoms with Gasteiger partial charge in [-0.25, -0.2) is 0 Å². The predicted molar refractivity (Wildman–Crippen MR) is 309 cm³/mol. The second-order valence-corrected chi connectivity index (χ2v) is 24.9. The lowest BCUT2D eigenvalue weighted by Crippen LogP contribution is -2.70. The molecular formula is C60H94O30Si. The maximum Gasteiger partial charge on any atom is 0.507 e. The number of hydrogen-bond donors (Lipinski definition) is 0. The highest BCUT2D eigenvalue weighted by atomic mass is 28.4. The molecule has 0 radical (unpaired) electrons. The Labute approximate surface area is 531 Å². The zero-order chi connectivity index (χ0) is 68.0. The fraction of sp³-hybridized carbons (Fsp3) is 0.800. The minimum Gasteiger partial charge on any atom is -0.463 e. The summed E-state index contributed by atoms with van der Waals surface area (Å²) in [5.74, 6) is -11.9. The number of carbonyl (C=O) groups excluding carboxylic acids is 12. The van der Waals surface area contributed by atoms with Gasteiger partial charge in [0.25, 0.3) is 0 Å². The fourth-order valence-electron chi connectivity index (χ4n) is 10.5. The molecule has 0 aromatic heterocycles. The van der Waals surface area contributed by atoms with Crippen LogP contribution >= 0.6 is 0 Å². The van der Waals surface area contributed by atoms with E-state index in [1.165, 1.54) is 38.5 Å². The molecule has 0 bridgehead atoms. The standard InChI is InChI=1S/C60H94O30Si/c1-14-15-16-17-18-19-20-21-22-23-24-25-26-27-28-29-30-91(88-58-55(82-43(11)70)52(79-40(8)67)49(76-37(5)64)46(85-58)31-73-34(2)61,89-59-56(83-44(12)71)53(80-41(9)68)50(77-38(6)65)47(86-59)32-74-35(3)62)90-60-57(84-45(13)72)54(81-42(10)69)51(78-39(7)66)48(87-60)33-75-36(4)63/h46-60H,14-33H2,1-13H3/t46-,47-,48-,49-,50-,51-,52+,53+,54+,55-,56-,57-,58+,59+,60+/m1/s1. The fourth-order valence-corrected chi connectivity index (χ4v) is 13.4. The van der Waals surface area contributed by atoms with Crippen molar-refractivity contribution in [2.75, 3.05) is 19.8 Å². The third kappa shape index (κ3) is 29.0. The molecule has 3 saturated heterocycles. The van der Waals surface area contributed by atoms with Gasteiger partial charge in [-0.2, -0.15) is 0 Å². The number of carbonyl (C=O) groups is 12. The van der Waals surface area contributed by atoms with Crippen LogP contribution in [0.15, 0.2) is 0 Å². The van der Waals surface area contributed by atoms with Gasteiger partial charge in [0, 0.05) is 89.1 Å². The van der Waals surface area contributed by atoms with E-state index in [0.717, 1.165) is 128 Å². The summed E-state index contributed by atoms with van der Waals surface area (Å²) < 4.78 is 108. The molecule has 0 amide bonds. The Balaban J connectivity index is 2.50. The second-order valence-electron chi connectivity index (χ2n) is 22.3. The van der Waals surface area contributed by atoms with E-state index in [9.17, 15) is 57.5 Å². The number of unbranched alkanes of at least 4 members (excludes halogenated alkanes) is 15. The molecule has 0 aliphatic carbocycles. The zero-order valence-electron chi connectivity index (χ0n) is 54.5. The molecule has 0 unspecified atom stereocenters. The van der Waals surface area contributed by atoms with Crippen molar-refractivity contribution >= 4 is 80.4 Å². The van der Waals surface area contributed by atoms with E-state index in [1.54, 1.807) is 0 Å². The molecule has 0 aromatic carbocycles. The summed E-state index contributed by atoms with van der Waals surface area (Å²) in [5.41, 5.74) is 0. The third-order valence-corrected chi connectivity index (χ3v) is 16.8. The Morgan fingerprint density at radius 2 is 0.462 bits per heavy atom. The summed E-state index contributed by atoms with van der Waals surface area (Å²) in [7, 11) is -5.55. The molecular weight excluding hydrogens is 1230 g/mol. The van der Waals surface area contributed by atoms with Crippen LogP contribution in [0.25, 0.3) is 0 Å². The molecule has 518 valence electrons. The van der Waals surface area contributed by atoms with Crippen molar-refractivity contribution in [3.8, 4) is 0 Å². The van der Waals surface area contributed by atoms with Crippen molar-refractivity contribution in [1.82, 2.24) is 0 Å². The molecule has 3 heterocycles. The van der Waals surface area contributed by atoms with E-state index in [0.29, 0.717) is 12.8 Å². The Morgan fingerprint density at radius 3 is 0.670 bits per heavy atom. The Morgan fingerprint density at radius 1 is 0.264 bits per heavy atom. The Bertz CT molecular complexity index is 2170. The summed E-state index contributed by atoms with van der Waals surface area (Å²) in [6.07, 6.45) is -13.5. The first-order chi connectivity index (χ1) is 42.9. The van der Waals surface area contributed by atoms with Gasteiger partial charge in [-0.1, -0.05) is 103 Å². The molecule has 3 rings (SSSR count). The van der Waals surface area contributed by atoms with Gasteiger partial charge < -0.3 is 84.3 Å².